The Morgan fingerprint density at radius 1 is 0.962 bits per heavy atom. The van der Waals surface area contributed by atoms with Crippen LogP contribution in [0.15, 0.2) is 58.3 Å². The number of sulfonamides is 1. The van der Waals surface area contributed by atoms with Crippen molar-refractivity contribution in [3.63, 3.8) is 0 Å². The maximum atomic E-state index is 12.0. The van der Waals surface area contributed by atoms with Gasteiger partial charge in [0.1, 0.15) is 5.75 Å². The Morgan fingerprint density at radius 2 is 1.54 bits per heavy atom. The summed E-state index contributed by atoms with van der Waals surface area (Å²) in [5.74, 6) is 1.50. The average Bonchev–Trinajstić information content (AvgIpc) is 2.58. The van der Waals surface area contributed by atoms with E-state index in [0.717, 1.165) is 5.75 Å². The summed E-state index contributed by atoms with van der Waals surface area (Å²) in [6.45, 7) is 7.18. The zero-order chi connectivity index (χ0) is 19.4. The van der Waals surface area contributed by atoms with Crippen LogP contribution in [-0.2, 0) is 15.4 Å². The molecule has 0 heterocycles. The molecule has 0 fully saturated rings. The van der Waals surface area contributed by atoms with Crippen molar-refractivity contribution in [1.82, 2.24) is 4.31 Å². The van der Waals surface area contributed by atoms with Gasteiger partial charge in [-0.1, -0.05) is 32.9 Å². The molecule has 0 saturated heterocycles. The molecule has 0 bridgehead atoms. The lowest BCUT2D eigenvalue weighted by Crippen LogP contribution is -2.22. The Bertz CT molecular complexity index is 806. The van der Waals surface area contributed by atoms with Gasteiger partial charge in [-0.25, -0.2) is 12.7 Å². The molecule has 0 spiro atoms. The first kappa shape index (κ1) is 20.8. The summed E-state index contributed by atoms with van der Waals surface area (Å²) in [4.78, 5) is 1.48. The van der Waals surface area contributed by atoms with Crippen molar-refractivity contribution in [3.8, 4) is 5.75 Å². The van der Waals surface area contributed by atoms with Crippen LogP contribution in [0.3, 0.4) is 0 Å². The minimum absolute atomic E-state index is 0.165. The van der Waals surface area contributed by atoms with Gasteiger partial charge in [-0.2, -0.15) is 0 Å². The second kappa shape index (κ2) is 8.46. The first-order valence-corrected chi connectivity index (χ1v) is 10.9. The highest BCUT2D eigenvalue weighted by molar-refractivity contribution is 7.99. The molecule has 4 nitrogen and oxygen atoms in total. The molecule has 0 aliphatic heterocycles. The van der Waals surface area contributed by atoms with Crippen LogP contribution < -0.4 is 4.74 Å². The van der Waals surface area contributed by atoms with Crippen LogP contribution in [0.1, 0.15) is 26.3 Å². The summed E-state index contributed by atoms with van der Waals surface area (Å²) in [7, 11) is -0.358. The summed E-state index contributed by atoms with van der Waals surface area (Å²) >= 11 is 1.74. The topological polar surface area (TPSA) is 46.6 Å². The predicted octanol–water partition coefficient (Wildman–Crippen LogP) is 4.41. The lowest BCUT2D eigenvalue weighted by Gasteiger charge is -2.19. The maximum absolute atomic E-state index is 12.0. The fourth-order valence-corrected chi connectivity index (χ4v) is 3.92. The van der Waals surface area contributed by atoms with E-state index in [9.17, 15) is 8.42 Å². The summed E-state index contributed by atoms with van der Waals surface area (Å²) in [6.07, 6.45) is 0. The molecule has 0 unspecified atom stereocenters. The highest BCUT2D eigenvalue weighted by atomic mass is 32.2. The van der Waals surface area contributed by atoms with Crippen LogP contribution in [0.4, 0.5) is 0 Å². The van der Waals surface area contributed by atoms with Crippen LogP contribution in [0.25, 0.3) is 0 Å². The minimum atomic E-state index is -3.40. The molecule has 0 aliphatic carbocycles. The molecule has 142 valence electrons. The van der Waals surface area contributed by atoms with E-state index >= 15 is 0 Å². The van der Waals surface area contributed by atoms with Crippen molar-refractivity contribution < 1.29 is 13.2 Å². The Hall–Kier alpha value is -1.50. The van der Waals surface area contributed by atoms with E-state index in [4.69, 9.17) is 4.74 Å². The average molecular weight is 394 g/mol. The van der Waals surface area contributed by atoms with Gasteiger partial charge >= 0.3 is 0 Å². The Morgan fingerprint density at radius 3 is 2.04 bits per heavy atom. The predicted molar refractivity (Wildman–Crippen MR) is 109 cm³/mol. The monoisotopic (exact) mass is 393 g/mol. The molecule has 26 heavy (non-hydrogen) atoms. The van der Waals surface area contributed by atoms with Crippen LogP contribution in [-0.4, -0.2) is 39.2 Å². The fraction of sp³-hybridized carbons (Fsp3) is 0.400. The molecule has 2 rings (SSSR count). The standard InChI is InChI=1S/C20H27NO3S2/c1-20(2,3)16-6-10-18(11-7-16)25-15-14-24-17-8-12-19(13-9-17)26(22,23)21(4)5/h6-13H,14-15H2,1-5H3. The van der Waals surface area contributed by atoms with E-state index in [1.807, 2.05) is 0 Å². The van der Waals surface area contributed by atoms with Gasteiger partial charge in [0, 0.05) is 24.7 Å². The third-order valence-electron chi connectivity index (χ3n) is 3.94. The largest absolute Gasteiger partial charge is 0.493 e. The first-order chi connectivity index (χ1) is 12.1. The lowest BCUT2D eigenvalue weighted by atomic mass is 9.87. The number of hydrogen-bond donors (Lipinski definition) is 0. The Labute approximate surface area is 161 Å². The summed E-state index contributed by atoms with van der Waals surface area (Å²) < 4.78 is 31.0. The van der Waals surface area contributed by atoms with Gasteiger partial charge in [-0.15, -0.1) is 11.8 Å². The zero-order valence-electron chi connectivity index (χ0n) is 16.0. The highest BCUT2D eigenvalue weighted by Gasteiger charge is 2.16. The third-order valence-corrected chi connectivity index (χ3v) is 6.75. The van der Waals surface area contributed by atoms with Gasteiger partial charge in [0.05, 0.1) is 11.5 Å². The number of benzene rings is 2. The van der Waals surface area contributed by atoms with E-state index in [-0.39, 0.29) is 10.3 Å². The smallest absolute Gasteiger partial charge is 0.242 e. The lowest BCUT2D eigenvalue weighted by molar-refractivity contribution is 0.343. The molecule has 0 atom stereocenters. The molecule has 0 radical (unpaired) electrons. The van der Waals surface area contributed by atoms with Crippen molar-refractivity contribution in [2.45, 2.75) is 36.0 Å². The molecule has 0 aromatic heterocycles. The minimum Gasteiger partial charge on any atom is -0.493 e. The van der Waals surface area contributed by atoms with Gasteiger partial charge < -0.3 is 4.74 Å². The van der Waals surface area contributed by atoms with Gasteiger partial charge in [0.25, 0.3) is 0 Å². The summed E-state index contributed by atoms with van der Waals surface area (Å²) in [5, 5.41) is 0. The molecule has 0 saturated carbocycles. The van der Waals surface area contributed by atoms with Crippen molar-refractivity contribution in [3.05, 3.63) is 54.1 Å². The van der Waals surface area contributed by atoms with Gasteiger partial charge in [-0.05, 0) is 47.4 Å². The molecule has 2 aromatic carbocycles. The second-order valence-electron chi connectivity index (χ2n) is 7.23. The Balaban J connectivity index is 1.83. The second-order valence-corrected chi connectivity index (χ2v) is 10.6. The molecular formula is C20H27NO3S2. The van der Waals surface area contributed by atoms with Crippen LogP contribution in [0.5, 0.6) is 5.75 Å². The number of nitrogens with zero attached hydrogens (tertiary/aromatic N) is 1. The van der Waals surface area contributed by atoms with Crippen LogP contribution >= 0.6 is 11.8 Å². The summed E-state index contributed by atoms with van der Waals surface area (Å²) in [5.41, 5.74) is 1.49. The third kappa shape index (κ3) is 5.50. The highest BCUT2D eigenvalue weighted by Crippen LogP contribution is 2.26. The number of rotatable bonds is 7. The number of thioether (sulfide) groups is 1. The molecule has 2 aromatic rings. The van der Waals surface area contributed by atoms with E-state index in [1.54, 1.807) is 36.0 Å². The van der Waals surface area contributed by atoms with Crippen molar-refractivity contribution >= 4 is 21.8 Å². The van der Waals surface area contributed by atoms with Gasteiger partial charge in [0.15, 0.2) is 0 Å². The van der Waals surface area contributed by atoms with Gasteiger partial charge in [0.2, 0.25) is 10.0 Å². The molecule has 0 amide bonds. The normalized spacial score (nSPS) is 12.4. The van der Waals surface area contributed by atoms with E-state index < -0.39 is 10.0 Å². The van der Waals surface area contributed by atoms with E-state index in [1.165, 1.54) is 28.9 Å². The van der Waals surface area contributed by atoms with Crippen molar-refractivity contribution in [1.29, 1.82) is 0 Å². The fourth-order valence-electron chi connectivity index (χ4n) is 2.29. The quantitative estimate of drug-likeness (QED) is 0.516. The molecule has 6 heteroatoms. The molecular weight excluding hydrogens is 366 g/mol. The number of hydrogen-bond acceptors (Lipinski definition) is 4. The molecule has 0 N–H and O–H groups in total. The van der Waals surface area contributed by atoms with E-state index in [2.05, 4.69) is 45.0 Å². The summed E-state index contributed by atoms with van der Waals surface area (Å²) in [6, 6.07) is 15.2. The van der Waals surface area contributed by atoms with Crippen molar-refractivity contribution in [2.24, 2.45) is 0 Å². The molecule has 0 aliphatic rings. The Kier molecular flexibility index (Phi) is 6.77. The number of ether oxygens (including phenoxy) is 1. The van der Waals surface area contributed by atoms with Crippen LogP contribution in [0.2, 0.25) is 0 Å². The first-order valence-electron chi connectivity index (χ1n) is 8.49. The SMILES string of the molecule is CN(C)S(=O)(=O)c1ccc(OCCSc2ccc(C(C)(C)C)cc2)cc1. The maximum Gasteiger partial charge on any atom is 0.242 e. The van der Waals surface area contributed by atoms with Gasteiger partial charge in [-0.3, -0.25) is 0 Å². The van der Waals surface area contributed by atoms with Crippen LogP contribution in [0, 0.1) is 0 Å². The van der Waals surface area contributed by atoms with E-state index in [0.29, 0.717) is 12.4 Å². The zero-order valence-corrected chi connectivity index (χ0v) is 17.7. The van der Waals surface area contributed by atoms with Crippen molar-refractivity contribution in [2.75, 3.05) is 26.5 Å².